The van der Waals surface area contributed by atoms with Gasteiger partial charge >= 0.3 is 0 Å². The number of hydrogen-bond donors (Lipinski definition) is 1. The summed E-state index contributed by atoms with van der Waals surface area (Å²) in [4.78, 5) is 28.9. The Bertz CT molecular complexity index is 812. The molecule has 1 N–H and O–H groups in total. The van der Waals surface area contributed by atoms with E-state index < -0.39 is 11.6 Å². The largest absolute Gasteiger partial charge is 0.364 e. The van der Waals surface area contributed by atoms with Crippen molar-refractivity contribution in [3.8, 4) is 0 Å². The van der Waals surface area contributed by atoms with Gasteiger partial charge in [0.15, 0.2) is 5.43 Å². The third-order valence-electron chi connectivity index (χ3n) is 4.31. The summed E-state index contributed by atoms with van der Waals surface area (Å²) in [6.07, 6.45) is 2.69. The zero-order valence-corrected chi connectivity index (χ0v) is 13.3. The molecule has 2 heterocycles. The van der Waals surface area contributed by atoms with E-state index in [1.54, 1.807) is 11.8 Å². The summed E-state index contributed by atoms with van der Waals surface area (Å²) in [5.41, 5.74) is 1.11. The maximum absolute atomic E-state index is 13.3. The van der Waals surface area contributed by atoms with Gasteiger partial charge in [-0.2, -0.15) is 0 Å². The highest BCUT2D eigenvalue weighted by molar-refractivity contribution is 5.94. The van der Waals surface area contributed by atoms with E-state index in [9.17, 15) is 18.4 Å². The molecule has 1 aliphatic rings. The number of likely N-dealkylation sites (tertiary alicyclic amines) is 1. The molecule has 1 unspecified atom stereocenters. The quantitative estimate of drug-likeness (QED) is 0.939. The molecule has 24 heavy (non-hydrogen) atoms. The second-order valence-electron chi connectivity index (χ2n) is 6.28. The number of pyridine rings is 1. The molecular weight excluding hydrogens is 314 g/mol. The minimum atomic E-state index is -0.595. The highest BCUT2D eigenvalue weighted by Crippen LogP contribution is 2.23. The van der Waals surface area contributed by atoms with Crippen molar-refractivity contribution in [1.29, 1.82) is 0 Å². The molecule has 0 aliphatic carbocycles. The number of nitrogens with one attached hydrogen (secondary N) is 1. The van der Waals surface area contributed by atoms with Gasteiger partial charge in [-0.15, -0.1) is 0 Å². The Labute approximate surface area is 138 Å². The molecule has 2 aromatic rings. The molecule has 1 aliphatic heterocycles. The Morgan fingerprint density at radius 1 is 1.25 bits per heavy atom. The molecule has 1 atom stereocenters. The van der Waals surface area contributed by atoms with Crippen LogP contribution in [0.1, 0.15) is 28.0 Å². The third-order valence-corrected chi connectivity index (χ3v) is 4.31. The zero-order chi connectivity index (χ0) is 17.3. The van der Waals surface area contributed by atoms with Crippen LogP contribution in [-0.4, -0.2) is 28.9 Å². The maximum atomic E-state index is 13.3. The van der Waals surface area contributed by atoms with E-state index in [2.05, 4.69) is 4.98 Å². The second kappa shape index (κ2) is 6.55. The summed E-state index contributed by atoms with van der Waals surface area (Å²) in [7, 11) is 0. The first-order chi connectivity index (χ1) is 11.4. The summed E-state index contributed by atoms with van der Waals surface area (Å²) < 4.78 is 26.5. The monoisotopic (exact) mass is 332 g/mol. The van der Waals surface area contributed by atoms with E-state index in [1.807, 2.05) is 0 Å². The second-order valence-corrected chi connectivity index (χ2v) is 6.28. The lowest BCUT2D eigenvalue weighted by molar-refractivity contribution is 0.0785. The van der Waals surface area contributed by atoms with Crippen LogP contribution in [0.5, 0.6) is 0 Å². The van der Waals surface area contributed by atoms with Crippen LogP contribution >= 0.6 is 0 Å². The van der Waals surface area contributed by atoms with E-state index in [0.717, 1.165) is 12.5 Å². The lowest BCUT2D eigenvalue weighted by Gasteiger charge is -2.16. The molecule has 1 amide bonds. The first-order valence-corrected chi connectivity index (χ1v) is 7.86. The summed E-state index contributed by atoms with van der Waals surface area (Å²) in [5.74, 6) is -1.37. The fourth-order valence-electron chi connectivity index (χ4n) is 3.16. The number of aromatic amines is 1. The minimum Gasteiger partial charge on any atom is -0.364 e. The van der Waals surface area contributed by atoms with Gasteiger partial charge in [0, 0.05) is 37.1 Å². The van der Waals surface area contributed by atoms with Gasteiger partial charge in [0.2, 0.25) is 0 Å². The van der Waals surface area contributed by atoms with E-state index >= 15 is 0 Å². The van der Waals surface area contributed by atoms with Crippen molar-refractivity contribution < 1.29 is 13.6 Å². The van der Waals surface area contributed by atoms with Crippen LogP contribution < -0.4 is 5.43 Å². The normalized spacial score (nSPS) is 17.3. The fraction of sp³-hybridized carbons (Fsp3) is 0.333. The van der Waals surface area contributed by atoms with Crippen LogP contribution in [-0.2, 0) is 6.42 Å². The number of aromatic nitrogens is 1. The summed E-state index contributed by atoms with van der Waals surface area (Å²) in [6, 6.07) is 4.88. The van der Waals surface area contributed by atoms with Gasteiger partial charge in [0.25, 0.3) is 5.91 Å². The zero-order valence-electron chi connectivity index (χ0n) is 13.3. The van der Waals surface area contributed by atoms with Gasteiger partial charge < -0.3 is 9.88 Å². The van der Waals surface area contributed by atoms with Crippen LogP contribution in [0.25, 0.3) is 0 Å². The van der Waals surface area contributed by atoms with Crippen molar-refractivity contribution in [2.75, 3.05) is 13.1 Å². The molecule has 1 fully saturated rings. The van der Waals surface area contributed by atoms with Crippen LogP contribution in [0.15, 0.2) is 35.3 Å². The SMILES string of the molecule is Cc1cc(=O)c(C(=O)N2CCC(Cc3cc(F)cc(F)c3)C2)c[nH]1. The van der Waals surface area contributed by atoms with Crippen LogP contribution in [0.3, 0.4) is 0 Å². The minimum absolute atomic E-state index is 0.123. The molecular formula is C18H18F2N2O2. The highest BCUT2D eigenvalue weighted by Gasteiger charge is 2.28. The third kappa shape index (κ3) is 3.53. The number of carbonyl (C=O) groups is 1. The smallest absolute Gasteiger partial charge is 0.259 e. The molecule has 0 saturated carbocycles. The van der Waals surface area contributed by atoms with E-state index in [4.69, 9.17) is 0 Å². The fourth-order valence-corrected chi connectivity index (χ4v) is 3.16. The predicted octanol–water partition coefficient (Wildman–Crippen LogP) is 2.67. The molecule has 4 nitrogen and oxygen atoms in total. The number of aryl methyl sites for hydroxylation is 1. The molecule has 1 aromatic carbocycles. The number of amides is 1. The highest BCUT2D eigenvalue weighted by atomic mass is 19.1. The first-order valence-electron chi connectivity index (χ1n) is 7.86. The Hall–Kier alpha value is -2.50. The van der Waals surface area contributed by atoms with Crippen LogP contribution in [0, 0.1) is 24.5 Å². The topological polar surface area (TPSA) is 53.2 Å². The molecule has 3 rings (SSSR count). The van der Waals surface area contributed by atoms with Crippen molar-refractivity contribution in [1.82, 2.24) is 9.88 Å². The van der Waals surface area contributed by atoms with Crippen molar-refractivity contribution in [2.24, 2.45) is 5.92 Å². The van der Waals surface area contributed by atoms with Gasteiger partial charge in [-0.3, -0.25) is 9.59 Å². The maximum Gasteiger partial charge on any atom is 0.259 e. The van der Waals surface area contributed by atoms with Crippen LogP contribution in [0.4, 0.5) is 8.78 Å². The number of carbonyl (C=O) groups excluding carboxylic acids is 1. The van der Waals surface area contributed by atoms with Gasteiger partial charge in [0.1, 0.15) is 17.2 Å². The number of halogens is 2. The molecule has 0 spiro atoms. The number of nitrogens with zero attached hydrogens (tertiary/aromatic N) is 1. The summed E-state index contributed by atoms with van der Waals surface area (Å²) >= 11 is 0. The predicted molar refractivity (Wildman–Crippen MR) is 85.9 cm³/mol. The van der Waals surface area contributed by atoms with E-state index in [0.29, 0.717) is 30.8 Å². The lowest BCUT2D eigenvalue weighted by Crippen LogP contribution is -2.32. The first kappa shape index (κ1) is 16.4. The van der Waals surface area contributed by atoms with Gasteiger partial charge in [0.05, 0.1) is 0 Å². The summed E-state index contributed by atoms with van der Waals surface area (Å²) in [5, 5.41) is 0. The summed E-state index contributed by atoms with van der Waals surface area (Å²) in [6.45, 7) is 2.76. The van der Waals surface area contributed by atoms with Crippen molar-refractivity contribution in [3.05, 3.63) is 69.1 Å². The molecule has 0 bridgehead atoms. The average molecular weight is 332 g/mol. The molecule has 1 saturated heterocycles. The van der Waals surface area contributed by atoms with Gasteiger partial charge in [-0.25, -0.2) is 8.78 Å². The molecule has 0 radical (unpaired) electrons. The Morgan fingerprint density at radius 3 is 2.62 bits per heavy atom. The van der Waals surface area contributed by atoms with Crippen molar-refractivity contribution >= 4 is 5.91 Å². The molecule has 6 heteroatoms. The standard InChI is InChI=1S/C18H18F2N2O2/c1-11-4-17(23)16(9-21-11)18(24)22-3-2-12(10-22)5-13-6-14(19)8-15(20)7-13/h4,6-9,12H,2-3,5,10H2,1H3,(H,21,23). The number of hydrogen-bond acceptors (Lipinski definition) is 2. The molecule has 1 aromatic heterocycles. The van der Waals surface area contributed by atoms with E-state index in [1.165, 1.54) is 24.4 Å². The Balaban J connectivity index is 1.68. The number of benzene rings is 1. The van der Waals surface area contributed by atoms with E-state index in [-0.39, 0.29) is 22.8 Å². The Morgan fingerprint density at radius 2 is 1.96 bits per heavy atom. The van der Waals surface area contributed by atoms with Gasteiger partial charge in [-0.1, -0.05) is 0 Å². The lowest BCUT2D eigenvalue weighted by atomic mass is 9.98. The average Bonchev–Trinajstić information content (AvgIpc) is 2.94. The molecule has 126 valence electrons. The van der Waals surface area contributed by atoms with Crippen LogP contribution in [0.2, 0.25) is 0 Å². The Kier molecular flexibility index (Phi) is 4.46. The van der Waals surface area contributed by atoms with Crippen molar-refractivity contribution in [2.45, 2.75) is 19.8 Å². The van der Waals surface area contributed by atoms with Gasteiger partial charge in [-0.05, 0) is 43.4 Å². The number of H-pyrrole nitrogens is 1. The van der Waals surface area contributed by atoms with Crippen molar-refractivity contribution in [3.63, 3.8) is 0 Å². The number of rotatable bonds is 3.